The summed E-state index contributed by atoms with van der Waals surface area (Å²) < 4.78 is 1.16. The first-order chi connectivity index (χ1) is 9.54. The molecule has 0 fully saturated rings. The fraction of sp³-hybridized carbons (Fsp3) is 0.286. The van der Waals surface area contributed by atoms with Crippen LogP contribution in [0.5, 0.6) is 5.75 Å². The van der Waals surface area contributed by atoms with Gasteiger partial charge in [-0.15, -0.1) is 11.3 Å². The molecule has 1 unspecified atom stereocenters. The SMILES string of the molecule is Oc1c(Cl)cc(NC2CCCc3sc(Br)cc32)cc1Cl. The molecule has 2 aromatic rings. The van der Waals surface area contributed by atoms with E-state index in [4.69, 9.17) is 23.2 Å². The zero-order chi connectivity index (χ0) is 14.3. The highest BCUT2D eigenvalue weighted by molar-refractivity contribution is 9.11. The van der Waals surface area contributed by atoms with E-state index in [1.54, 1.807) is 23.5 Å². The summed E-state index contributed by atoms with van der Waals surface area (Å²) in [6, 6.07) is 5.86. The van der Waals surface area contributed by atoms with Crippen molar-refractivity contribution in [2.24, 2.45) is 0 Å². The van der Waals surface area contributed by atoms with E-state index in [1.165, 1.54) is 10.4 Å². The van der Waals surface area contributed by atoms with Gasteiger partial charge in [-0.25, -0.2) is 0 Å². The Morgan fingerprint density at radius 2 is 1.95 bits per heavy atom. The van der Waals surface area contributed by atoms with E-state index in [0.717, 1.165) is 28.7 Å². The molecule has 0 aliphatic heterocycles. The molecule has 1 aliphatic rings. The van der Waals surface area contributed by atoms with Gasteiger partial charge in [0.2, 0.25) is 0 Å². The number of aromatic hydroxyl groups is 1. The third-order valence-corrected chi connectivity index (χ3v) is 5.73. The van der Waals surface area contributed by atoms with Crippen molar-refractivity contribution >= 4 is 56.2 Å². The molecule has 20 heavy (non-hydrogen) atoms. The Labute approximate surface area is 139 Å². The molecule has 1 aromatic carbocycles. The number of fused-ring (bicyclic) bond motifs is 1. The summed E-state index contributed by atoms with van der Waals surface area (Å²) >= 11 is 17.3. The Kier molecular flexibility index (Phi) is 4.18. The van der Waals surface area contributed by atoms with Gasteiger partial charge < -0.3 is 10.4 Å². The quantitative estimate of drug-likeness (QED) is 0.613. The number of phenolic OH excluding ortho intramolecular Hbond substituents is 1. The molecule has 6 heteroatoms. The van der Waals surface area contributed by atoms with E-state index < -0.39 is 0 Å². The normalized spacial score (nSPS) is 17.9. The molecular weight excluding hydrogens is 381 g/mol. The van der Waals surface area contributed by atoms with Crippen molar-refractivity contribution in [3.05, 3.63) is 42.5 Å². The Bertz CT molecular complexity index is 636. The van der Waals surface area contributed by atoms with Gasteiger partial charge in [0.05, 0.1) is 19.9 Å². The van der Waals surface area contributed by atoms with Gasteiger partial charge >= 0.3 is 0 Å². The predicted molar refractivity (Wildman–Crippen MR) is 89.4 cm³/mol. The summed E-state index contributed by atoms with van der Waals surface area (Å²) in [5.74, 6) is -0.0681. The van der Waals surface area contributed by atoms with E-state index in [2.05, 4.69) is 27.3 Å². The van der Waals surface area contributed by atoms with Crippen LogP contribution in [0.3, 0.4) is 0 Å². The van der Waals surface area contributed by atoms with Crippen molar-refractivity contribution in [1.82, 2.24) is 0 Å². The zero-order valence-corrected chi connectivity index (χ0v) is 14.3. The van der Waals surface area contributed by atoms with Crippen molar-refractivity contribution in [3.8, 4) is 5.75 Å². The Hall–Kier alpha value is -0.420. The van der Waals surface area contributed by atoms with Crippen LogP contribution in [0.2, 0.25) is 10.0 Å². The van der Waals surface area contributed by atoms with Crippen LogP contribution >= 0.6 is 50.5 Å². The number of thiophene rings is 1. The third kappa shape index (κ3) is 2.80. The van der Waals surface area contributed by atoms with Crippen molar-refractivity contribution in [2.75, 3.05) is 5.32 Å². The molecule has 3 rings (SSSR count). The predicted octanol–water partition coefficient (Wildman–Crippen LogP) is 6.01. The second kappa shape index (κ2) is 5.76. The second-order valence-corrected chi connectivity index (χ2v) is 8.14. The lowest BCUT2D eigenvalue weighted by molar-refractivity contribution is 0.476. The van der Waals surface area contributed by atoms with Crippen LogP contribution in [0.1, 0.15) is 29.3 Å². The van der Waals surface area contributed by atoms with E-state index in [1.807, 2.05) is 0 Å². The van der Waals surface area contributed by atoms with Gasteiger partial charge in [0.1, 0.15) is 0 Å². The summed E-state index contributed by atoms with van der Waals surface area (Å²) in [6.07, 6.45) is 3.38. The van der Waals surface area contributed by atoms with Crippen molar-refractivity contribution < 1.29 is 5.11 Å². The lowest BCUT2D eigenvalue weighted by atomic mass is 9.94. The van der Waals surface area contributed by atoms with Crippen LogP contribution in [-0.4, -0.2) is 5.11 Å². The number of aryl methyl sites for hydroxylation is 1. The Morgan fingerprint density at radius 1 is 1.25 bits per heavy atom. The number of hydrogen-bond donors (Lipinski definition) is 2. The summed E-state index contributed by atoms with van der Waals surface area (Å²) in [5, 5.41) is 13.6. The topological polar surface area (TPSA) is 32.3 Å². The van der Waals surface area contributed by atoms with E-state index in [-0.39, 0.29) is 21.8 Å². The van der Waals surface area contributed by atoms with Gasteiger partial charge in [0, 0.05) is 10.6 Å². The van der Waals surface area contributed by atoms with Crippen LogP contribution < -0.4 is 5.32 Å². The molecule has 2 nitrogen and oxygen atoms in total. The maximum Gasteiger partial charge on any atom is 0.152 e. The lowest BCUT2D eigenvalue weighted by Gasteiger charge is -2.25. The molecule has 1 heterocycles. The van der Waals surface area contributed by atoms with Crippen LogP contribution in [0.25, 0.3) is 0 Å². The molecule has 0 saturated heterocycles. The van der Waals surface area contributed by atoms with Crippen LogP contribution in [0, 0.1) is 0 Å². The van der Waals surface area contributed by atoms with Gasteiger partial charge in [0.25, 0.3) is 0 Å². The molecule has 1 aliphatic carbocycles. The number of nitrogens with one attached hydrogen (secondary N) is 1. The second-order valence-electron chi connectivity index (χ2n) is 4.81. The minimum atomic E-state index is -0.0681. The highest BCUT2D eigenvalue weighted by Crippen LogP contribution is 2.41. The van der Waals surface area contributed by atoms with Crippen molar-refractivity contribution in [3.63, 3.8) is 0 Å². The molecule has 1 aromatic heterocycles. The molecule has 2 N–H and O–H groups in total. The van der Waals surface area contributed by atoms with E-state index in [0.29, 0.717) is 0 Å². The van der Waals surface area contributed by atoms with Crippen LogP contribution in [0.15, 0.2) is 22.0 Å². The summed E-state index contributed by atoms with van der Waals surface area (Å²) in [7, 11) is 0. The Balaban J connectivity index is 1.89. The van der Waals surface area contributed by atoms with Gasteiger partial charge in [-0.2, -0.15) is 0 Å². The number of anilines is 1. The molecular formula is C14H12BrCl2NOS. The zero-order valence-electron chi connectivity index (χ0n) is 10.4. The van der Waals surface area contributed by atoms with Gasteiger partial charge in [0.15, 0.2) is 5.75 Å². The number of halogens is 3. The Morgan fingerprint density at radius 3 is 2.65 bits per heavy atom. The first kappa shape index (κ1) is 14.5. The molecule has 1 atom stereocenters. The van der Waals surface area contributed by atoms with E-state index >= 15 is 0 Å². The first-order valence-corrected chi connectivity index (χ1v) is 8.64. The van der Waals surface area contributed by atoms with Crippen LogP contribution in [-0.2, 0) is 6.42 Å². The monoisotopic (exact) mass is 391 g/mol. The maximum atomic E-state index is 9.60. The summed E-state index contributed by atoms with van der Waals surface area (Å²) in [4.78, 5) is 1.43. The first-order valence-electron chi connectivity index (χ1n) is 6.27. The lowest BCUT2D eigenvalue weighted by Crippen LogP contribution is -2.15. The molecule has 0 amide bonds. The molecule has 0 radical (unpaired) electrons. The largest absolute Gasteiger partial charge is 0.505 e. The third-order valence-electron chi connectivity index (χ3n) is 3.44. The number of benzene rings is 1. The molecule has 0 saturated carbocycles. The minimum absolute atomic E-state index is 0.0681. The average Bonchev–Trinajstić information content (AvgIpc) is 2.77. The highest BCUT2D eigenvalue weighted by atomic mass is 79.9. The fourth-order valence-corrected chi connectivity index (χ4v) is 4.83. The van der Waals surface area contributed by atoms with Gasteiger partial charge in [-0.3, -0.25) is 0 Å². The van der Waals surface area contributed by atoms with Crippen molar-refractivity contribution in [1.29, 1.82) is 0 Å². The summed E-state index contributed by atoms with van der Waals surface area (Å²) in [5.41, 5.74) is 2.17. The van der Waals surface area contributed by atoms with Crippen LogP contribution in [0.4, 0.5) is 5.69 Å². The standard InChI is InChI=1S/C14H12BrCl2NOS/c15-13-6-8-11(2-1-3-12(8)20-13)18-7-4-9(16)14(19)10(17)5-7/h4-6,11,18-19H,1-3H2. The number of phenols is 1. The maximum absolute atomic E-state index is 9.60. The number of rotatable bonds is 2. The van der Waals surface area contributed by atoms with Crippen molar-refractivity contribution in [2.45, 2.75) is 25.3 Å². The van der Waals surface area contributed by atoms with Gasteiger partial charge in [-0.05, 0) is 59.0 Å². The highest BCUT2D eigenvalue weighted by Gasteiger charge is 2.23. The minimum Gasteiger partial charge on any atom is -0.505 e. The smallest absolute Gasteiger partial charge is 0.152 e. The molecule has 0 bridgehead atoms. The fourth-order valence-electron chi connectivity index (χ4n) is 2.52. The van der Waals surface area contributed by atoms with Gasteiger partial charge in [-0.1, -0.05) is 23.2 Å². The average molecular weight is 393 g/mol. The molecule has 0 spiro atoms. The van der Waals surface area contributed by atoms with E-state index in [9.17, 15) is 5.11 Å². The molecule has 106 valence electrons. The number of hydrogen-bond acceptors (Lipinski definition) is 3. The summed E-state index contributed by atoms with van der Waals surface area (Å²) in [6.45, 7) is 0.